The van der Waals surface area contributed by atoms with Gasteiger partial charge >= 0.3 is 0 Å². The van der Waals surface area contributed by atoms with Crippen LogP contribution in [0.3, 0.4) is 0 Å². The van der Waals surface area contributed by atoms with Gasteiger partial charge in [0.05, 0.1) is 11.5 Å². The molecule has 0 unspecified atom stereocenters. The van der Waals surface area contributed by atoms with Gasteiger partial charge in [-0.1, -0.05) is 60.7 Å². The van der Waals surface area contributed by atoms with E-state index in [2.05, 4.69) is 53.4 Å². The van der Waals surface area contributed by atoms with Crippen LogP contribution in [0.5, 0.6) is 5.75 Å². The quantitative estimate of drug-likeness (QED) is 0.227. The maximum Gasteiger partial charge on any atom is 0.181 e. The molecule has 0 radical (unpaired) electrons. The molecule has 0 atom stereocenters. The number of aromatic nitrogens is 3. The topological polar surface area (TPSA) is 63.7 Å². The van der Waals surface area contributed by atoms with Crippen molar-refractivity contribution in [1.82, 2.24) is 14.8 Å². The highest BCUT2D eigenvalue weighted by molar-refractivity contribution is 7.98. The molecule has 192 valence electrons. The van der Waals surface area contributed by atoms with E-state index < -0.39 is 11.0 Å². The first kappa shape index (κ1) is 24.8. The zero-order valence-electron chi connectivity index (χ0n) is 21.7. The van der Waals surface area contributed by atoms with Gasteiger partial charge in [-0.2, -0.15) is 10.4 Å². The molecule has 0 amide bonds. The Balaban J connectivity index is 1.43. The van der Waals surface area contributed by atoms with Crippen molar-refractivity contribution in [3.63, 3.8) is 0 Å². The van der Waals surface area contributed by atoms with Crippen molar-refractivity contribution in [2.45, 2.75) is 61.0 Å². The third kappa shape index (κ3) is 4.83. The molecule has 0 aliphatic heterocycles. The van der Waals surface area contributed by atoms with Crippen LogP contribution in [0.1, 0.15) is 49.9 Å². The van der Waals surface area contributed by atoms with Gasteiger partial charge in [0.15, 0.2) is 17.2 Å². The molecule has 1 aromatic heterocycles. The molecular weight excluding hydrogens is 488 g/mol. The minimum atomic E-state index is -0.659. The predicted octanol–water partition coefficient (Wildman–Crippen LogP) is 7.39. The standard InChI is InChI=1S/C32H32N4OS/c1-38-28-14-8-9-25(21-28)29-34-30(36(35-29)22-24-15-16-24)32(37-27-12-6-3-7-13-27)19-17-31(23-33,18-20-32)26-10-4-2-5-11-26/h2-14,21,24H,15-20,22H2,1H3/t31-,32+. The van der Waals surface area contributed by atoms with Crippen LogP contribution in [0.2, 0.25) is 0 Å². The van der Waals surface area contributed by atoms with Crippen LogP contribution in [0, 0.1) is 17.2 Å². The number of thioether (sulfide) groups is 1. The molecule has 5 nitrogen and oxygen atoms in total. The maximum atomic E-state index is 10.4. The van der Waals surface area contributed by atoms with Crippen molar-refractivity contribution in [2.75, 3.05) is 6.26 Å². The first-order valence-corrected chi connectivity index (χ1v) is 14.7. The van der Waals surface area contributed by atoms with Gasteiger partial charge in [0.25, 0.3) is 0 Å². The lowest BCUT2D eigenvalue weighted by Gasteiger charge is -2.43. The third-order valence-corrected chi connectivity index (χ3v) is 8.77. The fourth-order valence-electron chi connectivity index (χ4n) is 5.62. The Morgan fingerprint density at radius 3 is 2.32 bits per heavy atom. The maximum absolute atomic E-state index is 10.4. The van der Waals surface area contributed by atoms with Gasteiger partial charge in [-0.25, -0.2) is 9.67 Å². The number of rotatable bonds is 8. The normalized spacial score (nSPS) is 23.1. The minimum Gasteiger partial charge on any atom is -0.479 e. The Bertz CT molecular complexity index is 1430. The summed E-state index contributed by atoms with van der Waals surface area (Å²) in [6.45, 7) is 0.854. The number of hydrogen-bond acceptors (Lipinski definition) is 5. The van der Waals surface area contributed by atoms with Gasteiger partial charge in [0.2, 0.25) is 0 Å². The second kappa shape index (κ2) is 10.3. The highest BCUT2D eigenvalue weighted by Crippen LogP contribution is 2.49. The summed E-state index contributed by atoms with van der Waals surface area (Å²) in [5.74, 6) is 3.09. The van der Waals surface area contributed by atoms with Gasteiger partial charge < -0.3 is 4.74 Å². The summed E-state index contributed by atoms with van der Waals surface area (Å²) in [5.41, 5.74) is 0.925. The third-order valence-electron chi connectivity index (χ3n) is 8.04. The van der Waals surface area contributed by atoms with E-state index in [4.69, 9.17) is 14.8 Å². The Morgan fingerprint density at radius 2 is 1.66 bits per heavy atom. The summed E-state index contributed by atoms with van der Waals surface area (Å²) in [6, 6.07) is 31.4. The molecule has 0 saturated heterocycles. The van der Waals surface area contributed by atoms with Crippen LogP contribution < -0.4 is 4.74 Å². The first-order valence-electron chi connectivity index (χ1n) is 13.4. The zero-order chi connectivity index (χ0) is 26.0. The molecular formula is C32H32N4OS. The number of benzene rings is 3. The fraction of sp³-hybridized carbons (Fsp3) is 0.344. The Labute approximate surface area is 228 Å². The van der Waals surface area contributed by atoms with Crippen molar-refractivity contribution >= 4 is 11.8 Å². The van der Waals surface area contributed by atoms with E-state index in [0.717, 1.165) is 35.1 Å². The molecule has 3 aromatic carbocycles. The van der Waals surface area contributed by atoms with Crippen LogP contribution in [0.25, 0.3) is 11.4 Å². The zero-order valence-corrected chi connectivity index (χ0v) is 22.5. The van der Waals surface area contributed by atoms with E-state index in [9.17, 15) is 5.26 Å². The lowest BCUT2D eigenvalue weighted by molar-refractivity contribution is -0.000325. The molecule has 1 heterocycles. The molecule has 0 spiro atoms. The Hall–Kier alpha value is -3.56. The fourth-order valence-corrected chi connectivity index (χ4v) is 6.08. The summed E-state index contributed by atoms with van der Waals surface area (Å²) in [4.78, 5) is 6.40. The van der Waals surface area contributed by atoms with Crippen LogP contribution in [0.4, 0.5) is 0 Å². The molecule has 2 aliphatic carbocycles. The van der Waals surface area contributed by atoms with Gasteiger partial charge in [0, 0.05) is 17.0 Å². The monoisotopic (exact) mass is 520 g/mol. The van der Waals surface area contributed by atoms with Crippen molar-refractivity contribution in [1.29, 1.82) is 5.26 Å². The smallest absolute Gasteiger partial charge is 0.181 e. The van der Waals surface area contributed by atoms with Gasteiger partial charge in [-0.05, 0) is 80.5 Å². The number of nitrogens with zero attached hydrogens (tertiary/aromatic N) is 4. The van der Waals surface area contributed by atoms with E-state index >= 15 is 0 Å². The largest absolute Gasteiger partial charge is 0.479 e. The van der Waals surface area contributed by atoms with E-state index in [-0.39, 0.29) is 0 Å². The molecule has 6 heteroatoms. The number of nitriles is 1. The highest BCUT2D eigenvalue weighted by Gasteiger charge is 2.49. The first-order chi connectivity index (χ1) is 18.6. The molecule has 2 saturated carbocycles. The van der Waals surface area contributed by atoms with E-state index in [1.807, 2.05) is 48.5 Å². The molecule has 4 aromatic rings. The molecule has 38 heavy (non-hydrogen) atoms. The van der Waals surface area contributed by atoms with E-state index in [1.165, 1.54) is 17.7 Å². The van der Waals surface area contributed by atoms with Crippen LogP contribution in [-0.2, 0) is 17.6 Å². The molecule has 2 fully saturated rings. The SMILES string of the molecule is CSc1cccc(-c2nc([C@]3(Oc4ccccc4)CC[C@@](C#N)(c4ccccc4)CC3)n(CC3CC3)n2)c1. The van der Waals surface area contributed by atoms with Crippen LogP contribution in [-0.4, -0.2) is 21.0 Å². The van der Waals surface area contributed by atoms with E-state index in [1.54, 1.807) is 11.8 Å². The second-order valence-electron chi connectivity index (χ2n) is 10.6. The minimum absolute atomic E-state index is 0.526. The second-order valence-corrected chi connectivity index (χ2v) is 11.5. The van der Waals surface area contributed by atoms with Gasteiger partial charge in [0.1, 0.15) is 5.75 Å². The van der Waals surface area contributed by atoms with Gasteiger partial charge in [-0.15, -0.1) is 11.8 Å². The number of hydrogen-bond donors (Lipinski definition) is 0. The summed E-state index contributed by atoms with van der Waals surface area (Å²) in [7, 11) is 0. The highest BCUT2D eigenvalue weighted by atomic mass is 32.2. The van der Waals surface area contributed by atoms with E-state index in [0.29, 0.717) is 31.6 Å². The van der Waals surface area contributed by atoms with Crippen molar-refractivity contribution in [2.24, 2.45) is 5.92 Å². The summed E-state index contributed by atoms with van der Waals surface area (Å²) < 4.78 is 9.02. The van der Waals surface area contributed by atoms with Crippen molar-refractivity contribution in [3.8, 4) is 23.2 Å². The Kier molecular flexibility index (Phi) is 6.71. The lowest BCUT2D eigenvalue weighted by atomic mass is 9.65. The number of ether oxygens (including phenoxy) is 1. The van der Waals surface area contributed by atoms with Crippen LogP contribution in [0.15, 0.2) is 89.8 Å². The van der Waals surface area contributed by atoms with Crippen molar-refractivity contribution in [3.05, 3.63) is 96.3 Å². The average molecular weight is 521 g/mol. The molecule has 2 aliphatic rings. The molecule has 0 bridgehead atoms. The van der Waals surface area contributed by atoms with Crippen LogP contribution >= 0.6 is 11.8 Å². The lowest BCUT2D eigenvalue weighted by Crippen LogP contribution is -2.44. The Morgan fingerprint density at radius 1 is 0.947 bits per heavy atom. The summed E-state index contributed by atoms with van der Waals surface area (Å²) in [6.07, 6.45) is 7.34. The molecule has 0 N–H and O–H groups in total. The number of para-hydroxylation sites is 1. The van der Waals surface area contributed by atoms with Crippen molar-refractivity contribution < 1.29 is 4.74 Å². The predicted molar refractivity (Wildman–Crippen MR) is 151 cm³/mol. The molecule has 6 rings (SSSR count). The van der Waals surface area contributed by atoms with Gasteiger partial charge in [-0.3, -0.25) is 0 Å². The summed E-state index contributed by atoms with van der Waals surface area (Å²) >= 11 is 1.72. The summed E-state index contributed by atoms with van der Waals surface area (Å²) in [5, 5.41) is 15.4. The average Bonchev–Trinajstić information content (AvgIpc) is 3.70.